The Morgan fingerprint density at radius 1 is 1.34 bits per heavy atom. The molecule has 3 aromatic rings. The summed E-state index contributed by atoms with van der Waals surface area (Å²) in [5.74, 6) is 0.0653. The number of aliphatic hydroxyl groups is 1. The maximum absolute atomic E-state index is 12.8. The van der Waals surface area contributed by atoms with Crippen molar-refractivity contribution in [3.05, 3.63) is 47.9 Å². The SMILES string of the molecule is Cc1cc(Nc2nccc(C(F)F)n2)cc(-c2cn(C[C@@](C)(O)CC#N)nn2)c1. The van der Waals surface area contributed by atoms with Crippen LogP contribution in [0.4, 0.5) is 20.4 Å². The molecule has 0 fully saturated rings. The topological polar surface area (TPSA) is 113 Å². The molecule has 0 amide bonds. The third-order valence-corrected chi connectivity index (χ3v) is 4.03. The molecule has 0 saturated heterocycles. The Morgan fingerprint density at radius 2 is 2.14 bits per heavy atom. The lowest BCUT2D eigenvalue weighted by Crippen LogP contribution is -2.30. The molecule has 10 heteroatoms. The van der Waals surface area contributed by atoms with Gasteiger partial charge in [-0.05, 0) is 43.7 Å². The second-order valence-corrected chi connectivity index (χ2v) is 6.95. The van der Waals surface area contributed by atoms with Gasteiger partial charge < -0.3 is 10.4 Å². The molecule has 0 unspecified atom stereocenters. The van der Waals surface area contributed by atoms with E-state index in [1.807, 2.05) is 25.1 Å². The molecule has 0 bridgehead atoms. The fourth-order valence-corrected chi connectivity index (χ4v) is 2.77. The minimum atomic E-state index is -2.68. The molecule has 0 aliphatic carbocycles. The van der Waals surface area contributed by atoms with Crippen LogP contribution in [0.15, 0.2) is 36.7 Å². The van der Waals surface area contributed by atoms with Crippen molar-refractivity contribution >= 4 is 11.6 Å². The first-order valence-electron chi connectivity index (χ1n) is 8.75. The summed E-state index contributed by atoms with van der Waals surface area (Å²) in [5, 5.41) is 30.0. The van der Waals surface area contributed by atoms with Gasteiger partial charge in [-0.25, -0.2) is 23.4 Å². The van der Waals surface area contributed by atoms with E-state index in [4.69, 9.17) is 5.26 Å². The maximum atomic E-state index is 12.8. The lowest BCUT2D eigenvalue weighted by molar-refractivity contribution is 0.0424. The highest BCUT2D eigenvalue weighted by Crippen LogP contribution is 2.25. The molecule has 0 spiro atoms. The molecule has 150 valence electrons. The minimum Gasteiger partial charge on any atom is -0.387 e. The third kappa shape index (κ3) is 5.30. The van der Waals surface area contributed by atoms with E-state index >= 15 is 0 Å². The number of hydrogen-bond acceptors (Lipinski definition) is 7. The van der Waals surface area contributed by atoms with Gasteiger partial charge in [-0.15, -0.1) is 5.10 Å². The average Bonchev–Trinajstić information content (AvgIpc) is 3.09. The summed E-state index contributed by atoms with van der Waals surface area (Å²) in [6, 6.07) is 8.59. The number of nitrogens with zero attached hydrogens (tertiary/aromatic N) is 6. The smallest absolute Gasteiger partial charge is 0.280 e. The molecule has 1 aromatic carbocycles. The molecule has 29 heavy (non-hydrogen) atoms. The first-order chi connectivity index (χ1) is 13.8. The number of anilines is 2. The Kier molecular flexibility index (Phi) is 5.79. The Labute approximate surface area is 165 Å². The second kappa shape index (κ2) is 8.28. The lowest BCUT2D eigenvalue weighted by atomic mass is 10.0. The highest BCUT2D eigenvalue weighted by molar-refractivity contribution is 5.68. The van der Waals surface area contributed by atoms with E-state index in [9.17, 15) is 13.9 Å². The first-order valence-corrected chi connectivity index (χ1v) is 8.75. The predicted molar refractivity (Wildman–Crippen MR) is 101 cm³/mol. The van der Waals surface area contributed by atoms with E-state index in [-0.39, 0.29) is 24.6 Å². The van der Waals surface area contributed by atoms with Gasteiger partial charge in [-0.3, -0.25) is 0 Å². The van der Waals surface area contributed by atoms with Gasteiger partial charge >= 0.3 is 0 Å². The van der Waals surface area contributed by atoms with E-state index in [0.717, 1.165) is 17.2 Å². The van der Waals surface area contributed by atoms with Gasteiger partial charge in [0.15, 0.2) is 0 Å². The average molecular weight is 399 g/mol. The summed E-state index contributed by atoms with van der Waals surface area (Å²) in [7, 11) is 0. The van der Waals surface area contributed by atoms with Crippen LogP contribution in [0.3, 0.4) is 0 Å². The number of aryl methyl sites for hydroxylation is 1. The largest absolute Gasteiger partial charge is 0.387 e. The van der Waals surface area contributed by atoms with Gasteiger partial charge in [-0.1, -0.05) is 5.21 Å². The van der Waals surface area contributed by atoms with Crippen LogP contribution in [0.25, 0.3) is 11.3 Å². The molecule has 1 atom stereocenters. The summed E-state index contributed by atoms with van der Waals surface area (Å²) >= 11 is 0. The number of nitrogens with one attached hydrogen (secondary N) is 1. The predicted octanol–water partition coefficient (Wildman–Crippen LogP) is 3.39. The number of alkyl halides is 2. The van der Waals surface area contributed by atoms with Crippen LogP contribution in [0.1, 0.15) is 31.0 Å². The number of aromatic nitrogens is 5. The van der Waals surface area contributed by atoms with Crippen LogP contribution in [-0.4, -0.2) is 35.7 Å². The molecule has 2 aromatic heterocycles. The highest BCUT2D eigenvalue weighted by Gasteiger charge is 2.22. The van der Waals surface area contributed by atoms with Crippen molar-refractivity contribution in [2.45, 2.75) is 38.8 Å². The number of nitriles is 1. The molecule has 0 saturated carbocycles. The molecular weight excluding hydrogens is 380 g/mol. The Hall–Kier alpha value is -3.45. The van der Waals surface area contributed by atoms with Crippen LogP contribution < -0.4 is 5.32 Å². The number of benzene rings is 1. The zero-order valence-corrected chi connectivity index (χ0v) is 15.8. The van der Waals surface area contributed by atoms with E-state index in [2.05, 4.69) is 25.6 Å². The van der Waals surface area contributed by atoms with Crippen molar-refractivity contribution in [2.24, 2.45) is 0 Å². The van der Waals surface area contributed by atoms with Crippen molar-refractivity contribution in [1.29, 1.82) is 5.26 Å². The summed E-state index contributed by atoms with van der Waals surface area (Å²) in [4.78, 5) is 7.77. The summed E-state index contributed by atoms with van der Waals surface area (Å²) in [6.07, 6.45) is 0.225. The summed E-state index contributed by atoms with van der Waals surface area (Å²) < 4.78 is 27.1. The molecule has 0 radical (unpaired) electrons. The van der Waals surface area contributed by atoms with Crippen molar-refractivity contribution in [3.63, 3.8) is 0 Å². The van der Waals surface area contributed by atoms with Crippen molar-refractivity contribution in [1.82, 2.24) is 25.0 Å². The van der Waals surface area contributed by atoms with E-state index in [0.29, 0.717) is 11.4 Å². The van der Waals surface area contributed by atoms with Gasteiger partial charge in [0.25, 0.3) is 6.43 Å². The summed E-state index contributed by atoms with van der Waals surface area (Å²) in [5.41, 5.74) is 1.24. The molecule has 8 nitrogen and oxygen atoms in total. The van der Waals surface area contributed by atoms with Gasteiger partial charge in [0, 0.05) is 17.4 Å². The summed E-state index contributed by atoms with van der Waals surface area (Å²) in [6.45, 7) is 3.56. The second-order valence-electron chi connectivity index (χ2n) is 6.95. The van der Waals surface area contributed by atoms with Crippen LogP contribution in [0, 0.1) is 18.3 Å². The van der Waals surface area contributed by atoms with Gasteiger partial charge in [0.2, 0.25) is 5.95 Å². The maximum Gasteiger partial charge on any atom is 0.280 e. The van der Waals surface area contributed by atoms with E-state index in [1.165, 1.54) is 10.9 Å². The van der Waals surface area contributed by atoms with Crippen molar-refractivity contribution in [2.75, 3.05) is 5.32 Å². The lowest BCUT2D eigenvalue weighted by Gasteiger charge is -2.18. The number of hydrogen-bond donors (Lipinski definition) is 2. The third-order valence-electron chi connectivity index (χ3n) is 4.03. The molecule has 2 N–H and O–H groups in total. The van der Waals surface area contributed by atoms with Gasteiger partial charge in [0.05, 0.1) is 30.8 Å². The fraction of sp³-hybridized carbons (Fsp3) is 0.316. The van der Waals surface area contributed by atoms with E-state index < -0.39 is 12.0 Å². The molecule has 2 heterocycles. The molecule has 3 rings (SSSR count). The molecule has 0 aliphatic rings. The van der Waals surface area contributed by atoms with Crippen LogP contribution >= 0.6 is 0 Å². The monoisotopic (exact) mass is 399 g/mol. The van der Waals surface area contributed by atoms with Crippen LogP contribution in [0.5, 0.6) is 0 Å². The Morgan fingerprint density at radius 3 is 2.86 bits per heavy atom. The zero-order chi connectivity index (χ0) is 21.0. The quantitative estimate of drug-likeness (QED) is 0.626. The van der Waals surface area contributed by atoms with Crippen molar-refractivity contribution in [3.8, 4) is 17.3 Å². The van der Waals surface area contributed by atoms with Gasteiger partial charge in [0.1, 0.15) is 11.4 Å². The van der Waals surface area contributed by atoms with E-state index in [1.54, 1.807) is 19.2 Å². The number of rotatable bonds is 7. The van der Waals surface area contributed by atoms with Crippen LogP contribution in [-0.2, 0) is 6.54 Å². The highest BCUT2D eigenvalue weighted by atomic mass is 19.3. The zero-order valence-electron chi connectivity index (χ0n) is 15.8. The molecule has 0 aliphatic heterocycles. The number of halogens is 2. The minimum absolute atomic E-state index is 0.0294. The standard InChI is InChI=1S/C19H19F2N7O/c1-12-7-13(16-10-28(27-26-16)11-19(2,29)4-5-22)9-14(8-12)24-18-23-6-3-15(25-18)17(20)21/h3,6-10,17,29H,4,11H2,1-2H3,(H,23,24,25)/t19-/m0/s1. The van der Waals surface area contributed by atoms with Crippen molar-refractivity contribution < 1.29 is 13.9 Å². The Bertz CT molecular complexity index is 1040. The first kappa shape index (κ1) is 20.3. The Balaban J connectivity index is 1.83. The van der Waals surface area contributed by atoms with Gasteiger partial charge in [-0.2, -0.15) is 5.26 Å². The van der Waals surface area contributed by atoms with Crippen LogP contribution in [0.2, 0.25) is 0 Å². The normalized spacial score (nSPS) is 13.1. The fourth-order valence-electron chi connectivity index (χ4n) is 2.77. The molecular formula is C19H19F2N7O.